The highest BCUT2D eigenvalue weighted by molar-refractivity contribution is 6.30. The number of carbonyl (C=O) groups is 2. The number of benzene rings is 1. The van der Waals surface area contributed by atoms with E-state index in [0.717, 1.165) is 0 Å². The van der Waals surface area contributed by atoms with E-state index in [9.17, 15) is 14.7 Å². The molecule has 0 saturated heterocycles. The van der Waals surface area contributed by atoms with Crippen LogP contribution in [0.15, 0.2) is 35.5 Å². The summed E-state index contributed by atoms with van der Waals surface area (Å²) >= 11 is 5.78. The van der Waals surface area contributed by atoms with Gasteiger partial charge in [-0.3, -0.25) is 0 Å². The van der Waals surface area contributed by atoms with Gasteiger partial charge in [-0.15, -0.1) is 0 Å². The third kappa shape index (κ3) is 2.31. The molecule has 1 aromatic carbocycles. The number of amides is 2. The van der Waals surface area contributed by atoms with E-state index in [1.807, 2.05) is 0 Å². The maximum absolute atomic E-state index is 11.4. The van der Waals surface area contributed by atoms with E-state index in [0.29, 0.717) is 16.3 Å². The lowest BCUT2D eigenvalue weighted by atomic mass is 9.96. The van der Waals surface area contributed by atoms with Crippen molar-refractivity contribution in [1.29, 1.82) is 0 Å². The average molecular weight is 267 g/mol. The molecule has 1 aliphatic rings. The molecule has 18 heavy (non-hydrogen) atoms. The monoisotopic (exact) mass is 266 g/mol. The van der Waals surface area contributed by atoms with Gasteiger partial charge in [0.05, 0.1) is 11.6 Å². The Morgan fingerprint density at radius 2 is 1.94 bits per heavy atom. The van der Waals surface area contributed by atoms with Crippen LogP contribution in [0.4, 0.5) is 4.79 Å². The van der Waals surface area contributed by atoms with E-state index >= 15 is 0 Å². The molecule has 94 valence electrons. The van der Waals surface area contributed by atoms with Crippen molar-refractivity contribution in [3.8, 4) is 0 Å². The number of carboxylic acid groups (broad SMARTS) is 1. The minimum atomic E-state index is -1.07. The average Bonchev–Trinajstić information content (AvgIpc) is 2.28. The molecule has 0 saturated carbocycles. The van der Waals surface area contributed by atoms with Crippen molar-refractivity contribution in [3.63, 3.8) is 0 Å². The molecular formula is C12H11ClN2O3. The zero-order valence-electron chi connectivity index (χ0n) is 9.53. The lowest BCUT2D eigenvalue weighted by molar-refractivity contribution is -0.133. The molecule has 1 aromatic rings. The summed E-state index contributed by atoms with van der Waals surface area (Å²) in [7, 11) is 0. The standard InChI is InChI=1S/C12H11ClN2O3/c1-6-9(11(16)17)10(15-12(18)14-6)7-2-4-8(13)5-3-7/h2-5,10H,1H3,(H,16,17)(H2,14,15,18)/t10-/m0/s1. The Morgan fingerprint density at radius 1 is 1.33 bits per heavy atom. The molecule has 5 nitrogen and oxygen atoms in total. The van der Waals surface area contributed by atoms with Gasteiger partial charge in [0.15, 0.2) is 0 Å². The van der Waals surface area contributed by atoms with Crippen LogP contribution in [0.3, 0.4) is 0 Å². The number of nitrogens with one attached hydrogen (secondary N) is 2. The molecular weight excluding hydrogens is 256 g/mol. The lowest BCUT2D eigenvalue weighted by Gasteiger charge is -2.27. The van der Waals surface area contributed by atoms with Gasteiger partial charge in [0, 0.05) is 10.7 Å². The molecule has 2 amide bonds. The summed E-state index contributed by atoms with van der Waals surface area (Å²) in [4.78, 5) is 22.7. The number of hydrogen-bond donors (Lipinski definition) is 3. The highest BCUT2D eigenvalue weighted by Crippen LogP contribution is 2.27. The SMILES string of the molecule is CC1=C(C(=O)O)[C@H](c2ccc(Cl)cc2)NC(=O)N1. The molecule has 0 fully saturated rings. The molecule has 0 bridgehead atoms. The topological polar surface area (TPSA) is 78.4 Å². The summed E-state index contributed by atoms with van der Waals surface area (Å²) in [5, 5.41) is 14.8. The van der Waals surface area contributed by atoms with E-state index in [2.05, 4.69) is 10.6 Å². The van der Waals surface area contributed by atoms with Gasteiger partial charge in [-0.25, -0.2) is 9.59 Å². The van der Waals surface area contributed by atoms with Crippen molar-refractivity contribution >= 4 is 23.6 Å². The summed E-state index contributed by atoms with van der Waals surface area (Å²) < 4.78 is 0. The van der Waals surface area contributed by atoms with E-state index < -0.39 is 18.0 Å². The number of aliphatic carboxylic acids is 1. The third-order valence-electron chi connectivity index (χ3n) is 2.70. The second-order valence-electron chi connectivity index (χ2n) is 3.93. The van der Waals surface area contributed by atoms with Crippen LogP contribution in [0.25, 0.3) is 0 Å². The van der Waals surface area contributed by atoms with Crippen molar-refractivity contribution < 1.29 is 14.7 Å². The lowest BCUT2D eigenvalue weighted by Crippen LogP contribution is -2.45. The van der Waals surface area contributed by atoms with Crippen molar-refractivity contribution in [2.45, 2.75) is 13.0 Å². The van der Waals surface area contributed by atoms with Gasteiger partial charge in [-0.1, -0.05) is 23.7 Å². The van der Waals surface area contributed by atoms with E-state index in [1.165, 1.54) is 0 Å². The largest absolute Gasteiger partial charge is 0.478 e. The van der Waals surface area contributed by atoms with E-state index in [1.54, 1.807) is 31.2 Å². The van der Waals surface area contributed by atoms with Crippen LogP contribution < -0.4 is 10.6 Å². The van der Waals surface area contributed by atoms with E-state index in [4.69, 9.17) is 11.6 Å². The number of carbonyl (C=O) groups excluding carboxylic acids is 1. The molecule has 0 unspecified atom stereocenters. The minimum absolute atomic E-state index is 0.122. The van der Waals surface area contributed by atoms with Gasteiger partial charge in [0.2, 0.25) is 0 Å². The predicted molar refractivity (Wildman–Crippen MR) is 66.2 cm³/mol. The molecule has 0 aliphatic carbocycles. The summed E-state index contributed by atoms with van der Waals surface area (Å²) in [5.41, 5.74) is 1.13. The first-order chi connectivity index (χ1) is 8.49. The van der Waals surface area contributed by atoms with Crippen LogP contribution in [-0.4, -0.2) is 17.1 Å². The fraction of sp³-hybridized carbons (Fsp3) is 0.167. The molecule has 0 radical (unpaired) electrons. The van der Waals surface area contributed by atoms with Crippen LogP contribution in [0.1, 0.15) is 18.5 Å². The Labute approximate surface area is 108 Å². The number of halogens is 1. The summed E-state index contributed by atoms with van der Waals surface area (Å²) in [5.74, 6) is -1.07. The Balaban J connectivity index is 2.46. The summed E-state index contributed by atoms with van der Waals surface area (Å²) in [6, 6.07) is 5.59. The molecule has 1 atom stereocenters. The van der Waals surface area contributed by atoms with Gasteiger partial charge in [-0.05, 0) is 24.6 Å². The van der Waals surface area contributed by atoms with Crippen LogP contribution >= 0.6 is 11.6 Å². The fourth-order valence-corrected chi connectivity index (χ4v) is 2.01. The maximum Gasteiger partial charge on any atom is 0.335 e. The van der Waals surface area contributed by atoms with Crippen molar-refractivity contribution in [3.05, 3.63) is 46.1 Å². The van der Waals surface area contributed by atoms with Gasteiger partial charge >= 0.3 is 12.0 Å². The molecule has 1 aliphatic heterocycles. The fourth-order valence-electron chi connectivity index (χ4n) is 1.88. The van der Waals surface area contributed by atoms with Gasteiger partial charge in [0.1, 0.15) is 0 Å². The quantitative estimate of drug-likeness (QED) is 0.767. The number of urea groups is 1. The maximum atomic E-state index is 11.4. The predicted octanol–water partition coefficient (Wildman–Crippen LogP) is 2.05. The first-order valence-corrected chi connectivity index (χ1v) is 5.64. The number of allylic oxidation sites excluding steroid dienone is 1. The Bertz CT molecular complexity index is 537. The Kier molecular flexibility index (Phi) is 3.25. The molecule has 0 spiro atoms. The molecule has 1 heterocycles. The molecule has 0 aromatic heterocycles. The van der Waals surface area contributed by atoms with Crippen LogP contribution in [-0.2, 0) is 4.79 Å². The third-order valence-corrected chi connectivity index (χ3v) is 2.95. The zero-order chi connectivity index (χ0) is 13.3. The van der Waals surface area contributed by atoms with Crippen molar-refractivity contribution in [2.75, 3.05) is 0 Å². The number of hydrogen-bond acceptors (Lipinski definition) is 2. The smallest absolute Gasteiger partial charge is 0.335 e. The normalized spacial score (nSPS) is 19.2. The second-order valence-corrected chi connectivity index (χ2v) is 4.36. The first-order valence-electron chi connectivity index (χ1n) is 5.26. The highest BCUT2D eigenvalue weighted by atomic mass is 35.5. The Morgan fingerprint density at radius 3 is 2.50 bits per heavy atom. The van der Waals surface area contributed by atoms with E-state index in [-0.39, 0.29) is 5.57 Å². The van der Waals surface area contributed by atoms with Gasteiger partial charge in [0.25, 0.3) is 0 Å². The van der Waals surface area contributed by atoms with Crippen LogP contribution in [0.2, 0.25) is 5.02 Å². The van der Waals surface area contributed by atoms with Crippen molar-refractivity contribution in [2.24, 2.45) is 0 Å². The minimum Gasteiger partial charge on any atom is -0.478 e. The number of rotatable bonds is 2. The summed E-state index contributed by atoms with van der Waals surface area (Å²) in [6.45, 7) is 1.56. The second kappa shape index (κ2) is 4.70. The molecule has 6 heteroatoms. The zero-order valence-corrected chi connectivity index (χ0v) is 10.3. The van der Waals surface area contributed by atoms with Gasteiger partial charge < -0.3 is 15.7 Å². The highest BCUT2D eigenvalue weighted by Gasteiger charge is 2.30. The van der Waals surface area contributed by atoms with Crippen LogP contribution in [0, 0.1) is 0 Å². The number of carboxylic acids is 1. The molecule has 3 N–H and O–H groups in total. The van der Waals surface area contributed by atoms with Crippen LogP contribution in [0.5, 0.6) is 0 Å². The van der Waals surface area contributed by atoms with Gasteiger partial charge in [-0.2, -0.15) is 0 Å². The first kappa shape index (κ1) is 12.4. The van der Waals surface area contributed by atoms with Crippen molar-refractivity contribution in [1.82, 2.24) is 10.6 Å². The Hall–Kier alpha value is -2.01. The summed E-state index contributed by atoms with van der Waals surface area (Å²) in [6.07, 6.45) is 0. The molecule has 2 rings (SSSR count).